The third-order valence-electron chi connectivity index (χ3n) is 2.13. The zero-order chi connectivity index (χ0) is 12.5. The molecule has 92 valence electrons. The molecule has 0 saturated carbocycles. The van der Waals surface area contributed by atoms with Crippen LogP contribution in [0.1, 0.15) is 4.88 Å². The molecule has 1 aliphatic rings. The molecule has 0 bridgehead atoms. The predicted octanol–water partition coefficient (Wildman–Crippen LogP) is 3.18. The van der Waals surface area contributed by atoms with Crippen LogP contribution >= 0.6 is 23.1 Å². The minimum Gasteiger partial charge on any atom is -0.298 e. The highest BCUT2D eigenvalue weighted by atomic mass is 32.2. The second-order valence-electron chi connectivity index (χ2n) is 3.30. The maximum absolute atomic E-state index is 12.3. The molecule has 1 aromatic heterocycles. The quantitative estimate of drug-likeness (QED) is 0.787. The molecule has 1 aromatic rings. The van der Waals surface area contributed by atoms with Gasteiger partial charge in [0.05, 0.1) is 5.03 Å². The Hall–Kier alpha value is -0.950. The normalized spacial score (nSPS) is 19.0. The smallest absolute Gasteiger partial charge is 0.298 e. The fourth-order valence-electron chi connectivity index (χ4n) is 1.40. The number of carbonyl (C=O) groups is 1. The summed E-state index contributed by atoms with van der Waals surface area (Å²) in [6.45, 7) is 0.111. The highest BCUT2D eigenvalue weighted by molar-refractivity contribution is 8.03. The molecule has 0 aliphatic carbocycles. The molecule has 2 heterocycles. The van der Waals surface area contributed by atoms with Gasteiger partial charge in [0.1, 0.15) is 0 Å². The molecule has 17 heavy (non-hydrogen) atoms. The third kappa shape index (κ3) is 2.84. The first-order valence-electron chi connectivity index (χ1n) is 4.75. The number of rotatable bonds is 1. The summed E-state index contributed by atoms with van der Waals surface area (Å²) in [5.41, 5.74) is 0. The summed E-state index contributed by atoms with van der Waals surface area (Å²) in [4.78, 5) is 12.8. The number of halogens is 3. The second kappa shape index (κ2) is 4.73. The SMILES string of the molecule is O=C(N1CCS/C1=C/c1cccs1)C(F)(F)F. The van der Waals surface area contributed by atoms with Crippen molar-refractivity contribution in [3.63, 3.8) is 0 Å². The molecule has 7 heteroatoms. The van der Waals surface area contributed by atoms with Gasteiger partial charge in [-0.15, -0.1) is 23.1 Å². The van der Waals surface area contributed by atoms with Crippen LogP contribution in [0.3, 0.4) is 0 Å². The molecule has 2 rings (SSSR count). The number of thioether (sulfide) groups is 1. The summed E-state index contributed by atoms with van der Waals surface area (Å²) in [5.74, 6) is -1.29. The fraction of sp³-hybridized carbons (Fsp3) is 0.300. The highest BCUT2D eigenvalue weighted by Crippen LogP contribution is 2.34. The first-order chi connectivity index (χ1) is 7.98. The minimum absolute atomic E-state index is 0.111. The summed E-state index contributed by atoms with van der Waals surface area (Å²) in [7, 11) is 0. The number of alkyl halides is 3. The number of nitrogens with zero attached hydrogens (tertiary/aromatic N) is 1. The Morgan fingerprint density at radius 3 is 2.82 bits per heavy atom. The Labute approximate surface area is 104 Å². The van der Waals surface area contributed by atoms with Crippen LogP contribution in [0.15, 0.2) is 22.5 Å². The van der Waals surface area contributed by atoms with Crippen molar-refractivity contribution in [1.82, 2.24) is 4.90 Å². The molecular weight excluding hydrogens is 271 g/mol. The lowest BCUT2D eigenvalue weighted by Gasteiger charge is -2.18. The van der Waals surface area contributed by atoms with Crippen LogP contribution in [0.4, 0.5) is 13.2 Å². The van der Waals surface area contributed by atoms with Gasteiger partial charge in [0.15, 0.2) is 0 Å². The minimum atomic E-state index is -4.81. The number of amides is 1. The van der Waals surface area contributed by atoms with E-state index in [4.69, 9.17) is 0 Å². The molecule has 0 aromatic carbocycles. The molecule has 1 fully saturated rings. The molecule has 0 N–H and O–H groups in total. The van der Waals surface area contributed by atoms with E-state index in [0.717, 1.165) is 9.78 Å². The number of hydrogen-bond acceptors (Lipinski definition) is 3. The zero-order valence-electron chi connectivity index (χ0n) is 8.53. The van der Waals surface area contributed by atoms with Crippen LogP contribution < -0.4 is 0 Å². The monoisotopic (exact) mass is 279 g/mol. The highest BCUT2D eigenvalue weighted by Gasteiger charge is 2.44. The molecular formula is C10H8F3NOS2. The van der Waals surface area contributed by atoms with Crippen molar-refractivity contribution in [3.05, 3.63) is 27.4 Å². The molecule has 1 saturated heterocycles. The van der Waals surface area contributed by atoms with Crippen molar-refractivity contribution < 1.29 is 18.0 Å². The molecule has 0 radical (unpaired) electrons. The molecule has 1 aliphatic heterocycles. The Balaban J connectivity index is 2.21. The molecule has 2 nitrogen and oxygen atoms in total. The first kappa shape index (κ1) is 12.5. The van der Waals surface area contributed by atoms with E-state index in [-0.39, 0.29) is 6.54 Å². The maximum Gasteiger partial charge on any atom is 0.471 e. The van der Waals surface area contributed by atoms with Gasteiger partial charge in [0, 0.05) is 17.2 Å². The van der Waals surface area contributed by atoms with Crippen molar-refractivity contribution in [2.45, 2.75) is 6.18 Å². The van der Waals surface area contributed by atoms with Crippen molar-refractivity contribution >= 4 is 35.1 Å². The lowest BCUT2D eigenvalue weighted by atomic mass is 10.4. The summed E-state index contributed by atoms with van der Waals surface area (Å²) in [5, 5.41) is 2.21. The summed E-state index contributed by atoms with van der Waals surface area (Å²) in [6.07, 6.45) is -3.19. The fourth-order valence-corrected chi connectivity index (χ4v) is 3.15. The van der Waals surface area contributed by atoms with E-state index in [1.807, 2.05) is 11.4 Å². The average molecular weight is 279 g/mol. The Morgan fingerprint density at radius 2 is 2.24 bits per heavy atom. The van der Waals surface area contributed by atoms with E-state index in [9.17, 15) is 18.0 Å². The molecule has 1 amide bonds. The van der Waals surface area contributed by atoms with E-state index < -0.39 is 12.1 Å². The van der Waals surface area contributed by atoms with Crippen molar-refractivity contribution in [3.8, 4) is 0 Å². The van der Waals surface area contributed by atoms with Gasteiger partial charge in [0.2, 0.25) is 0 Å². The second-order valence-corrected chi connectivity index (χ2v) is 5.40. The van der Waals surface area contributed by atoms with Gasteiger partial charge in [-0.25, -0.2) is 0 Å². The molecule has 0 atom stereocenters. The van der Waals surface area contributed by atoms with Crippen molar-refractivity contribution in [2.75, 3.05) is 12.3 Å². The predicted molar refractivity (Wildman–Crippen MR) is 62.5 cm³/mol. The van der Waals surface area contributed by atoms with Gasteiger partial charge in [-0.1, -0.05) is 6.07 Å². The first-order valence-corrected chi connectivity index (χ1v) is 6.62. The molecule has 0 unspecified atom stereocenters. The van der Waals surface area contributed by atoms with Gasteiger partial charge in [-0.3, -0.25) is 9.69 Å². The van der Waals surface area contributed by atoms with Crippen molar-refractivity contribution in [1.29, 1.82) is 0 Å². The van der Waals surface area contributed by atoms with Gasteiger partial charge < -0.3 is 0 Å². The zero-order valence-corrected chi connectivity index (χ0v) is 10.2. The third-order valence-corrected chi connectivity index (χ3v) is 3.97. The van der Waals surface area contributed by atoms with Crippen LogP contribution in [-0.4, -0.2) is 29.3 Å². The number of hydrogen-bond donors (Lipinski definition) is 0. The van der Waals surface area contributed by atoms with Gasteiger partial charge in [-0.2, -0.15) is 13.2 Å². The van der Waals surface area contributed by atoms with E-state index in [0.29, 0.717) is 10.8 Å². The standard InChI is InChI=1S/C10H8F3NOS2/c11-10(12,13)9(15)14-3-5-17-8(14)6-7-2-1-4-16-7/h1-2,4,6H,3,5H2/b8-6+. The molecule has 0 spiro atoms. The Kier molecular flexibility index (Phi) is 3.48. The van der Waals surface area contributed by atoms with Gasteiger partial charge in [-0.05, 0) is 17.5 Å². The van der Waals surface area contributed by atoms with Crippen LogP contribution in [-0.2, 0) is 4.79 Å². The van der Waals surface area contributed by atoms with E-state index in [1.54, 1.807) is 12.1 Å². The van der Waals surface area contributed by atoms with Gasteiger partial charge in [0.25, 0.3) is 0 Å². The van der Waals surface area contributed by atoms with Crippen molar-refractivity contribution in [2.24, 2.45) is 0 Å². The summed E-state index contributed by atoms with van der Waals surface area (Å²) in [6, 6.07) is 3.61. The Bertz CT molecular complexity index is 439. The number of carbonyl (C=O) groups excluding carboxylic acids is 1. The van der Waals surface area contributed by atoms with E-state index in [1.165, 1.54) is 23.1 Å². The van der Waals surface area contributed by atoms with E-state index in [2.05, 4.69) is 0 Å². The maximum atomic E-state index is 12.3. The summed E-state index contributed by atoms with van der Waals surface area (Å²) >= 11 is 2.69. The summed E-state index contributed by atoms with van der Waals surface area (Å²) < 4.78 is 37.0. The Morgan fingerprint density at radius 1 is 1.47 bits per heavy atom. The number of thiophene rings is 1. The van der Waals surface area contributed by atoms with Crippen LogP contribution in [0, 0.1) is 0 Å². The largest absolute Gasteiger partial charge is 0.471 e. The lowest BCUT2D eigenvalue weighted by Crippen LogP contribution is -2.38. The van der Waals surface area contributed by atoms with Crippen LogP contribution in [0.2, 0.25) is 0 Å². The average Bonchev–Trinajstić information content (AvgIpc) is 2.87. The van der Waals surface area contributed by atoms with Crippen LogP contribution in [0.5, 0.6) is 0 Å². The van der Waals surface area contributed by atoms with Crippen LogP contribution in [0.25, 0.3) is 6.08 Å². The topological polar surface area (TPSA) is 20.3 Å². The lowest BCUT2D eigenvalue weighted by molar-refractivity contribution is -0.182. The van der Waals surface area contributed by atoms with E-state index >= 15 is 0 Å². The van der Waals surface area contributed by atoms with Gasteiger partial charge >= 0.3 is 12.1 Å².